The second-order valence-corrected chi connectivity index (χ2v) is 3.90. The summed E-state index contributed by atoms with van der Waals surface area (Å²) in [5.74, 6) is 0. The van der Waals surface area contributed by atoms with Crippen LogP contribution >= 0.6 is 0 Å². The molecular formula is C13H14BNO3. The van der Waals surface area contributed by atoms with Crippen molar-refractivity contribution in [1.29, 1.82) is 0 Å². The second-order valence-electron chi connectivity index (χ2n) is 3.90. The monoisotopic (exact) mass is 243 g/mol. The number of pyridine rings is 1. The minimum atomic E-state index is -1.57. The van der Waals surface area contributed by atoms with Crippen molar-refractivity contribution in [2.24, 2.45) is 0 Å². The van der Waals surface area contributed by atoms with E-state index < -0.39 is 7.12 Å². The third-order valence-electron chi connectivity index (χ3n) is 2.54. The Morgan fingerprint density at radius 1 is 1.00 bits per heavy atom. The van der Waals surface area contributed by atoms with Crippen LogP contribution in [0.1, 0.15) is 11.1 Å². The Bertz CT molecular complexity index is 491. The Morgan fingerprint density at radius 2 is 1.78 bits per heavy atom. The summed E-state index contributed by atoms with van der Waals surface area (Å²) in [7, 11) is -1.57. The Morgan fingerprint density at radius 3 is 2.50 bits per heavy atom. The lowest BCUT2D eigenvalue weighted by molar-refractivity contribution is 0.107. The maximum absolute atomic E-state index is 9.16. The fourth-order valence-corrected chi connectivity index (χ4v) is 1.66. The van der Waals surface area contributed by atoms with Crippen molar-refractivity contribution < 1.29 is 14.8 Å². The zero-order valence-corrected chi connectivity index (χ0v) is 9.86. The maximum Gasteiger partial charge on any atom is 0.508 e. The predicted molar refractivity (Wildman–Crippen MR) is 69.0 cm³/mol. The molecule has 0 aliphatic heterocycles. The van der Waals surface area contributed by atoms with Crippen LogP contribution in [-0.4, -0.2) is 22.2 Å². The molecule has 0 amide bonds. The van der Waals surface area contributed by atoms with E-state index in [1.54, 1.807) is 12.1 Å². The smallest absolute Gasteiger partial charge is 0.422 e. The third kappa shape index (κ3) is 3.40. The molecule has 2 aromatic rings. The van der Waals surface area contributed by atoms with Crippen LogP contribution in [0, 0.1) is 0 Å². The van der Waals surface area contributed by atoms with Gasteiger partial charge in [-0.15, -0.1) is 0 Å². The molecule has 2 rings (SSSR count). The molecular weight excluding hydrogens is 229 g/mol. The molecule has 0 atom stereocenters. The van der Waals surface area contributed by atoms with E-state index >= 15 is 0 Å². The fourth-order valence-electron chi connectivity index (χ4n) is 1.66. The van der Waals surface area contributed by atoms with E-state index in [-0.39, 0.29) is 5.59 Å². The SMILES string of the molecule is OB(O)c1ncccc1COCc1ccccc1. The van der Waals surface area contributed by atoms with Crippen LogP contribution in [0.2, 0.25) is 0 Å². The molecule has 2 N–H and O–H groups in total. The standard InChI is InChI=1S/C13H14BNO3/c16-14(17)13-12(7-4-8-15-13)10-18-9-11-5-2-1-3-6-11/h1-8,16-17H,9-10H2. The first-order valence-corrected chi connectivity index (χ1v) is 5.69. The largest absolute Gasteiger partial charge is 0.508 e. The number of nitrogens with zero attached hydrogens (tertiary/aromatic N) is 1. The first-order valence-electron chi connectivity index (χ1n) is 5.69. The van der Waals surface area contributed by atoms with E-state index in [1.807, 2.05) is 30.3 Å². The van der Waals surface area contributed by atoms with Gasteiger partial charge >= 0.3 is 7.12 Å². The molecule has 18 heavy (non-hydrogen) atoms. The molecule has 1 aromatic heterocycles. The number of benzene rings is 1. The first kappa shape index (κ1) is 12.8. The number of hydrogen-bond donors (Lipinski definition) is 2. The van der Waals surface area contributed by atoms with Gasteiger partial charge in [-0.25, -0.2) is 0 Å². The fraction of sp³-hybridized carbons (Fsp3) is 0.154. The lowest BCUT2D eigenvalue weighted by Crippen LogP contribution is -2.35. The molecule has 0 aliphatic carbocycles. The van der Waals surface area contributed by atoms with Crippen LogP contribution in [0.15, 0.2) is 48.7 Å². The van der Waals surface area contributed by atoms with Crippen LogP contribution in [-0.2, 0) is 18.0 Å². The molecule has 0 unspecified atom stereocenters. The highest BCUT2D eigenvalue weighted by molar-refractivity contribution is 6.58. The van der Waals surface area contributed by atoms with Gasteiger partial charge in [-0.2, -0.15) is 0 Å². The Kier molecular flexibility index (Phi) is 4.47. The summed E-state index contributed by atoms with van der Waals surface area (Å²) in [6.45, 7) is 0.784. The van der Waals surface area contributed by atoms with Gasteiger partial charge in [-0.3, -0.25) is 4.98 Å². The normalized spacial score (nSPS) is 10.3. The van der Waals surface area contributed by atoms with Crippen LogP contribution < -0.4 is 5.59 Å². The van der Waals surface area contributed by atoms with Gasteiger partial charge in [0.2, 0.25) is 0 Å². The van der Waals surface area contributed by atoms with Gasteiger partial charge in [0.1, 0.15) is 0 Å². The molecule has 0 radical (unpaired) electrons. The topological polar surface area (TPSA) is 62.6 Å². The lowest BCUT2D eigenvalue weighted by atomic mass is 9.82. The maximum atomic E-state index is 9.16. The molecule has 0 saturated carbocycles. The van der Waals surface area contributed by atoms with E-state index in [0.717, 1.165) is 5.56 Å². The Labute approximate surface area is 106 Å². The lowest BCUT2D eigenvalue weighted by Gasteiger charge is -2.08. The van der Waals surface area contributed by atoms with Crippen LogP contribution in [0.25, 0.3) is 0 Å². The second kappa shape index (κ2) is 6.30. The van der Waals surface area contributed by atoms with Gasteiger partial charge in [0.05, 0.1) is 18.8 Å². The van der Waals surface area contributed by atoms with Crippen molar-refractivity contribution in [2.45, 2.75) is 13.2 Å². The van der Waals surface area contributed by atoms with Gasteiger partial charge in [-0.1, -0.05) is 36.4 Å². The summed E-state index contributed by atoms with van der Waals surface area (Å²) in [5, 5.41) is 18.3. The first-order chi connectivity index (χ1) is 8.77. The van der Waals surface area contributed by atoms with Crippen LogP contribution in [0.5, 0.6) is 0 Å². The van der Waals surface area contributed by atoms with E-state index in [0.29, 0.717) is 18.8 Å². The minimum absolute atomic E-state index is 0.241. The molecule has 4 nitrogen and oxygen atoms in total. The molecule has 1 aromatic carbocycles. The van der Waals surface area contributed by atoms with Crippen molar-refractivity contribution in [3.63, 3.8) is 0 Å². The Balaban J connectivity index is 1.94. The average molecular weight is 243 g/mol. The van der Waals surface area contributed by atoms with Crippen LogP contribution in [0.4, 0.5) is 0 Å². The average Bonchev–Trinajstić information content (AvgIpc) is 2.40. The van der Waals surface area contributed by atoms with Crippen molar-refractivity contribution in [2.75, 3.05) is 0 Å². The molecule has 1 heterocycles. The summed E-state index contributed by atoms with van der Waals surface area (Å²) in [6, 6.07) is 13.3. The van der Waals surface area contributed by atoms with Crippen molar-refractivity contribution in [3.05, 3.63) is 59.8 Å². The summed E-state index contributed by atoms with van der Waals surface area (Å²) < 4.78 is 5.53. The van der Waals surface area contributed by atoms with Gasteiger partial charge in [-0.05, 0) is 17.2 Å². The molecule has 0 bridgehead atoms. The summed E-state index contributed by atoms with van der Waals surface area (Å²) in [4.78, 5) is 3.92. The highest BCUT2D eigenvalue weighted by Gasteiger charge is 2.17. The molecule has 0 spiro atoms. The summed E-state index contributed by atoms with van der Waals surface area (Å²) in [6.07, 6.45) is 1.52. The zero-order chi connectivity index (χ0) is 12.8. The quantitative estimate of drug-likeness (QED) is 0.749. The van der Waals surface area contributed by atoms with Gasteiger partial charge in [0.15, 0.2) is 0 Å². The molecule has 5 heteroatoms. The molecule has 0 saturated heterocycles. The van der Waals surface area contributed by atoms with Crippen molar-refractivity contribution >= 4 is 12.7 Å². The zero-order valence-electron chi connectivity index (χ0n) is 9.86. The van der Waals surface area contributed by atoms with E-state index in [9.17, 15) is 0 Å². The number of ether oxygens (including phenoxy) is 1. The van der Waals surface area contributed by atoms with Gasteiger partial charge in [0.25, 0.3) is 0 Å². The van der Waals surface area contributed by atoms with E-state index in [4.69, 9.17) is 14.8 Å². The highest BCUT2D eigenvalue weighted by atomic mass is 16.5. The number of hydrogen-bond acceptors (Lipinski definition) is 4. The van der Waals surface area contributed by atoms with Crippen molar-refractivity contribution in [1.82, 2.24) is 4.98 Å². The third-order valence-corrected chi connectivity index (χ3v) is 2.54. The number of aromatic nitrogens is 1. The summed E-state index contributed by atoms with van der Waals surface area (Å²) in [5.41, 5.74) is 2.00. The number of rotatable bonds is 5. The van der Waals surface area contributed by atoms with E-state index in [1.165, 1.54) is 6.20 Å². The summed E-state index contributed by atoms with van der Waals surface area (Å²) >= 11 is 0. The molecule has 0 fully saturated rings. The van der Waals surface area contributed by atoms with Gasteiger partial charge in [0, 0.05) is 6.20 Å². The predicted octanol–water partition coefficient (Wildman–Crippen LogP) is 0.478. The highest BCUT2D eigenvalue weighted by Crippen LogP contribution is 2.04. The Hall–Kier alpha value is -1.69. The molecule has 0 aliphatic rings. The van der Waals surface area contributed by atoms with E-state index in [2.05, 4.69) is 4.98 Å². The minimum Gasteiger partial charge on any atom is -0.422 e. The van der Waals surface area contributed by atoms with Crippen molar-refractivity contribution in [3.8, 4) is 0 Å². The molecule has 92 valence electrons. The van der Waals surface area contributed by atoms with Gasteiger partial charge < -0.3 is 14.8 Å². The van der Waals surface area contributed by atoms with Crippen LogP contribution in [0.3, 0.4) is 0 Å².